The van der Waals surface area contributed by atoms with Gasteiger partial charge in [-0.1, -0.05) is 0 Å². The molecule has 1 unspecified atom stereocenters. The average Bonchev–Trinajstić information content (AvgIpc) is 3.46. The van der Waals surface area contributed by atoms with Gasteiger partial charge in [0.25, 0.3) is 0 Å². The molecule has 0 saturated heterocycles. The highest BCUT2D eigenvalue weighted by atomic mass is 16.5. The van der Waals surface area contributed by atoms with Gasteiger partial charge in [-0.2, -0.15) is 5.10 Å². The van der Waals surface area contributed by atoms with E-state index >= 15 is 0 Å². The summed E-state index contributed by atoms with van der Waals surface area (Å²) in [5.41, 5.74) is 7.46. The Morgan fingerprint density at radius 3 is 2.59 bits per heavy atom. The van der Waals surface area contributed by atoms with Crippen LogP contribution in [0.2, 0.25) is 0 Å². The molecule has 0 aliphatic carbocycles. The number of anilines is 2. The largest absolute Gasteiger partial charge is 0.494 e. The quantitative estimate of drug-likeness (QED) is 0.426. The molecule has 37 heavy (non-hydrogen) atoms. The molecule has 4 heterocycles. The Kier molecular flexibility index (Phi) is 6.41. The number of ether oxygens (including phenoxy) is 1. The fourth-order valence-electron chi connectivity index (χ4n) is 4.91. The van der Waals surface area contributed by atoms with Gasteiger partial charge in [0.2, 0.25) is 11.9 Å². The predicted octanol–water partition coefficient (Wildman–Crippen LogP) is 4.05. The number of aryl methyl sites for hydroxylation is 3. The molecule has 1 amide bonds. The van der Waals surface area contributed by atoms with Crippen LogP contribution in [0.1, 0.15) is 53.9 Å². The Labute approximate surface area is 216 Å². The molecule has 5 rings (SSSR count). The summed E-state index contributed by atoms with van der Waals surface area (Å²) in [7, 11) is 1.65. The number of benzene rings is 1. The molecular weight excluding hydrogens is 468 g/mol. The van der Waals surface area contributed by atoms with Crippen LogP contribution in [-0.4, -0.2) is 53.8 Å². The van der Waals surface area contributed by atoms with Crippen molar-refractivity contribution in [2.24, 2.45) is 0 Å². The van der Waals surface area contributed by atoms with E-state index in [0.29, 0.717) is 31.2 Å². The van der Waals surface area contributed by atoms with Crippen LogP contribution in [0.15, 0.2) is 36.8 Å². The number of aromatic nitrogens is 6. The van der Waals surface area contributed by atoms with E-state index in [4.69, 9.17) is 19.8 Å². The van der Waals surface area contributed by atoms with E-state index in [1.54, 1.807) is 20.4 Å². The van der Waals surface area contributed by atoms with Gasteiger partial charge >= 0.3 is 0 Å². The van der Waals surface area contributed by atoms with Gasteiger partial charge in [0.1, 0.15) is 5.75 Å². The van der Waals surface area contributed by atoms with Crippen LogP contribution in [0, 0.1) is 20.8 Å². The number of rotatable bonds is 6. The van der Waals surface area contributed by atoms with Crippen molar-refractivity contribution < 1.29 is 9.53 Å². The topological polar surface area (TPSA) is 103 Å². The van der Waals surface area contributed by atoms with E-state index < -0.39 is 0 Å². The molecule has 0 fully saturated rings. The second kappa shape index (κ2) is 9.68. The Morgan fingerprint density at radius 2 is 1.95 bits per heavy atom. The van der Waals surface area contributed by atoms with Crippen LogP contribution in [0.5, 0.6) is 5.75 Å². The number of fused-ring (bicyclic) bond motifs is 1. The lowest BCUT2D eigenvalue weighted by atomic mass is 10.00. The van der Waals surface area contributed by atoms with Crippen molar-refractivity contribution >= 4 is 17.5 Å². The summed E-state index contributed by atoms with van der Waals surface area (Å²) in [6.07, 6.45) is 4.39. The van der Waals surface area contributed by atoms with Gasteiger partial charge in [-0.3, -0.25) is 9.48 Å². The summed E-state index contributed by atoms with van der Waals surface area (Å²) in [5, 5.41) is 8.07. The first-order valence-corrected chi connectivity index (χ1v) is 12.4. The maximum atomic E-state index is 12.2. The number of nitrogens with one attached hydrogen (secondary N) is 1. The number of nitrogens with zero attached hydrogens (tertiary/aromatic N) is 7. The van der Waals surface area contributed by atoms with Gasteiger partial charge in [-0.05, 0) is 45.9 Å². The van der Waals surface area contributed by atoms with Crippen LogP contribution >= 0.6 is 0 Å². The molecule has 0 spiro atoms. The first-order chi connectivity index (χ1) is 17.7. The lowest BCUT2D eigenvalue weighted by Crippen LogP contribution is -2.36. The maximum absolute atomic E-state index is 12.2. The standard InChI is InChI=1S/C27H32N8O2/c1-16-11-18(3)35(32-16)19(4)26-22-14-33(20(5)36)10-9-23(22)30-27(31-26)29-21-7-8-24(25(12-21)37-6)34-13-17(2)28-15-34/h7-8,11-13,15,19H,9-10,14H2,1-6H3,(H,29,30,31). The minimum Gasteiger partial charge on any atom is -0.494 e. The fourth-order valence-corrected chi connectivity index (χ4v) is 4.91. The summed E-state index contributed by atoms with van der Waals surface area (Å²) in [5.74, 6) is 1.26. The highest BCUT2D eigenvalue weighted by molar-refractivity contribution is 5.73. The van der Waals surface area contributed by atoms with Crippen LogP contribution in [0.25, 0.3) is 5.69 Å². The lowest BCUT2D eigenvalue weighted by molar-refractivity contribution is -0.129. The molecule has 192 valence electrons. The molecule has 1 atom stereocenters. The smallest absolute Gasteiger partial charge is 0.227 e. The predicted molar refractivity (Wildman–Crippen MR) is 140 cm³/mol. The van der Waals surface area contributed by atoms with Gasteiger partial charge in [-0.15, -0.1) is 0 Å². The van der Waals surface area contributed by atoms with E-state index in [0.717, 1.165) is 45.4 Å². The van der Waals surface area contributed by atoms with Crippen molar-refractivity contribution in [1.82, 2.24) is 34.2 Å². The molecule has 10 heteroatoms. The Hall–Kier alpha value is -4.21. The summed E-state index contributed by atoms with van der Waals surface area (Å²) in [4.78, 5) is 28.1. The third kappa shape index (κ3) is 4.78. The van der Waals surface area contributed by atoms with E-state index in [1.807, 2.05) is 59.3 Å². The van der Waals surface area contributed by atoms with Crippen LogP contribution < -0.4 is 10.1 Å². The fraction of sp³-hybridized carbons (Fsp3) is 0.370. The minimum atomic E-state index is -0.126. The molecule has 3 aromatic heterocycles. The molecule has 0 bridgehead atoms. The van der Waals surface area contributed by atoms with Crippen molar-refractivity contribution in [3.05, 3.63) is 70.8 Å². The number of methoxy groups -OCH3 is 1. The second-order valence-corrected chi connectivity index (χ2v) is 9.53. The first-order valence-electron chi connectivity index (χ1n) is 12.4. The van der Waals surface area contributed by atoms with E-state index in [2.05, 4.69) is 23.3 Å². The molecule has 4 aromatic rings. The van der Waals surface area contributed by atoms with E-state index in [1.165, 1.54) is 0 Å². The highest BCUT2D eigenvalue weighted by Crippen LogP contribution is 2.31. The third-order valence-electron chi connectivity index (χ3n) is 6.77. The van der Waals surface area contributed by atoms with Gasteiger partial charge < -0.3 is 19.5 Å². The van der Waals surface area contributed by atoms with Crippen LogP contribution in [-0.2, 0) is 17.8 Å². The normalized spacial score (nSPS) is 13.8. The summed E-state index contributed by atoms with van der Waals surface area (Å²) >= 11 is 0. The molecule has 0 radical (unpaired) electrons. The molecular formula is C27H32N8O2. The monoisotopic (exact) mass is 500 g/mol. The molecule has 1 N–H and O–H groups in total. The summed E-state index contributed by atoms with van der Waals surface area (Å²) < 4.78 is 9.59. The maximum Gasteiger partial charge on any atom is 0.227 e. The van der Waals surface area contributed by atoms with Crippen molar-refractivity contribution in [2.45, 2.75) is 53.6 Å². The average molecular weight is 501 g/mol. The van der Waals surface area contributed by atoms with Crippen molar-refractivity contribution in [1.29, 1.82) is 0 Å². The second-order valence-electron chi connectivity index (χ2n) is 9.53. The van der Waals surface area contributed by atoms with Gasteiger partial charge in [0.15, 0.2) is 0 Å². The Morgan fingerprint density at radius 1 is 1.14 bits per heavy atom. The Balaban J connectivity index is 1.53. The zero-order valence-electron chi connectivity index (χ0n) is 22.1. The molecule has 10 nitrogen and oxygen atoms in total. The van der Waals surface area contributed by atoms with Crippen molar-refractivity contribution in [3.8, 4) is 11.4 Å². The number of hydrogen-bond donors (Lipinski definition) is 1. The van der Waals surface area contributed by atoms with Crippen molar-refractivity contribution in [2.75, 3.05) is 19.0 Å². The van der Waals surface area contributed by atoms with E-state index in [-0.39, 0.29) is 11.9 Å². The third-order valence-corrected chi connectivity index (χ3v) is 6.77. The van der Waals surface area contributed by atoms with Gasteiger partial charge in [-0.25, -0.2) is 15.0 Å². The number of hydrogen-bond acceptors (Lipinski definition) is 7. The SMILES string of the molecule is COc1cc(Nc2nc3c(c(C(C)n4nc(C)cc4C)n2)CN(C(C)=O)CC3)ccc1-n1cnc(C)c1. The molecule has 0 saturated carbocycles. The molecule has 1 aliphatic heterocycles. The zero-order chi connectivity index (χ0) is 26.3. The minimum absolute atomic E-state index is 0.0536. The van der Waals surface area contributed by atoms with Crippen molar-refractivity contribution in [3.63, 3.8) is 0 Å². The molecule has 1 aromatic carbocycles. The summed E-state index contributed by atoms with van der Waals surface area (Å²) in [6, 6.07) is 7.80. The zero-order valence-corrected chi connectivity index (χ0v) is 22.1. The van der Waals surface area contributed by atoms with E-state index in [9.17, 15) is 4.79 Å². The summed E-state index contributed by atoms with van der Waals surface area (Å²) in [6.45, 7) is 10.8. The lowest BCUT2D eigenvalue weighted by Gasteiger charge is -2.30. The Bertz CT molecular complexity index is 1470. The molecule has 1 aliphatic rings. The highest BCUT2D eigenvalue weighted by Gasteiger charge is 2.27. The van der Waals surface area contributed by atoms with Crippen LogP contribution in [0.3, 0.4) is 0 Å². The van der Waals surface area contributed by atoms with Gasteiger partial charge in [0, 0.05) is 55.6 Å². The van der Waals surface area contributed by atoms with Crippen LogP contribution in [0.4, 0.5) is 11.6 Å². The first kappa shape index (κ1) is 24.5. The number of imidazole rings is 1. The number of carbonyl (C=O) groups excluding carboxylic acids is 1. The number of carbonyl (C=O) groups is 1. The number of amides is 1. The van der Waals surface area contributed by atoms with Gasteiger partial charge in [0.05, 0.1) is 47.9 Å².